The standard InChI is InChI=1S/C13H13Cl/c1-3-6-11(4-2)9-12-7-5-8-13(14)10-12/h3-8,10H,1-2,9H2/b11-6+. The monoisotopic (exact) mass is 204 g/mol. The van der Waals surface area contributed by atoms with E-state index in [9.17, 15) is 0 Å². The van der Waals surface area contributed by atoms with Gasteiger partial charge in [-0.2, -0.15) is 0 Å². The molecule has 0 radical (unpaired) electrons. The van der Waals surface area contributed by atoms with Crippen LogP contribution in [0.5, 0.6) is 0 Å². The maximum absolute atomic E-state index is 5.88. The normalized spacial score (nSPS) is 11.1. The Hall–Kier alpha value is -1.27. The van der Waals surface area contributed by atoms with Gasteiger partial charge in [-0.25, -0.2) is 0 Å². The maximum atomic E-state index is 5.88. The van der Waals surface area contributed by atoms with Gasteiger partial charge in [0, 0.05) is 5.02 Å². The molecular weight excluding hydrogens is 192 g/mol. The molecule has 0 spiro atoms. The number of allylic oxidation sites excluding steroid dienone is 4. The number of benzene rings is 1. The second kappa shape index (κ2) is 5.46. The highest BCUT2D eigenvalue weighted by molar-refractivity contribution is 6.30. The van der Waals surface area contributed by atoms with Crippen molar-refractivity contribution in [2.75, 3.05) is 0 Å². The first-order chi connectivity index (χ1) is 6.76. The van der Waals surface area contributed by atoms with E-state index in [4.69, 9.17) is 11.6 Å². The predicted octanol–water partition coefficient (Wildman–Crippen LogP) is 4.18. The molecule has 1 heteroatoms. The van der Waals surface area contributed by atoms with Crippen molar-refractivity contribution in [1.82, 2.24) is 0 Å². The van der Waals surface area contributed by atoms with Gasteiger partial charge in [0.1, 0.15) is 0 Å². The number of hydrogen-bond donors (Lipinski definition) is 0. The van der Waals surface area contributed by atoms with Crippen LogP contribution in [0, 0.1) is 0 Å². The molecule has 0 atom stereocenters. The topological polar surface area (TPSA) is 0 Å². The van der Waals surface area contributed by atoms with Gasteiger partial charge in [0.2, 0.25) is 0 Å². The summed E-state index contributed by atoms with van der Waals surface area (Å²) in [6.45, 7) is 7.41. The molecule has 1 aromatic carbocycles. The lowest BCUT2D eigenvalue weighted by atomic mass is 10.1. The third-order valence-corrected chi connectivity index (χ3v) is 2.13. The summed E-state index contributed by atoms with van der Waals surface area (Å²) in [5.74, 6) is 0. The fourth-order valence-electron chi connectivity index (χ4n) is 1.23. The second-order valence-electron chi connectivity index (χ2n) is 2.99. The van der Waals surface area contributed by atoms with E-state index in [1.165, 1.54) is 5.56 Å². The molecule has 14 heavy (non-hydrogen) atoms. The zero-order valence-corrected chi connectivity index (χ0v) is 8.80. The fraction of sp³-hybridized carbons (Fsp3) is 0.0769. The van der Waals surface area contributed by atoms with Gasteiger partial charge in [-0.1, -0.05) is 55.1 Å². The highest BCUT2D eigenvalue weighted by atomic mass is 35.5. The van der Waals surface area contributed by atoms with Gasteiger partial charge in [0.15, 0.2) is 0 Å². The van der Waals surface area contributed by atoms with Crippen LogP contribution in [0.3, 0.4) is 0 Å². The average Bonchev–Trinajstić information content (AvgIpc) is 2.17. The first-order valence-electron chi connectivity index (χ1n) is 4.44. The first-order valence-corrected chi connectivity index (χ1v) is 4.82. The van der Waals surface area contributed by atoms with Gasteiger partial charge in [-0.3, -0.25) is 0 Å². The number of rotatable bonds is 4. The molecule has 0 aliphatic rings. The van der Waals surface area contributed by atoms with Crippen molar-refractivity contribution in [3.05, 3.63) is 71.8 Å². The number of hydrogen-bond acceptors (Lipinski definition) is 0. The minimum absolute atomic E-state index is 0.768. The van der Waals surface area contributed by atoms with E-state index in [1.54, 1.807) is 6.08 Å². The van der Waals surface area contributed by atoms with E-state index in [0.29, 0.717) is 0 Å². The van der Waals surface area contributed by atoms with E-state index in [0.717, 1.165) is 17.0 Å². The van der Waals surface area contributed by atoms with Crippen molar-refractivity contribution in [1.29, 1.82) is 0 Å². The van der Waals surface area contributed by atoms with Crippen molar-refractivity contribution in [2.24, 2.45) is 0 Å². The molecule has 0 aliphatic heterocycles. The van der Waals surface area contributed by atoms with Crippen LogP contribution in [-0.4, -0.2) is 0 Å². The molecule has 0 heterocycles. The average molecular weight is 205 g/mol. The zero-order valence-electron chi connectivity index (χ0n) is 8.04. The Morgan fingerprint density at radius 3 is 2.71 bits per heavy atom. The summed E-state index contributed by atoms with van der Waals surface area (Å²) in [7, 11) is 0. The summed E-state index contributed by atoms with van der Waals surface area (Å²) in [6, 6.07) is 7.83. The van der Waals surface area contributed by atoms with Crippen molar-refractivity contribution >= 4 is 11.6 Å². The summed E-state index contributed by atoms with van der Waals surface area (Å²) >= 11 is 5.88. The van der Waals surface area contributed by atoms with Gasteiger partial charge in [-0.15, -0.1) is 0 Å². The Balaban J connectivity index is 2.82. The van der Waals surface area contributed by atoms with Crippen molar-refractivity contribution < 1.29 is 0 Å². The first kappa shape index (κ1) is 10.8. The van der Waals surface area contributed by atoms with Gasteiger partial charge < -0.3 is 0 Å². The highest BCUT2D eigenvalue weighted by Gasteiger charge is 1.96. The predicted molar refractivity (Wildman–Crippen MR) is 63.6 cm³/mol. The van der Waals surface area contributed by atoms with E-state index in [1.807, 2.05) is 36.4 Å². The molecule has 0 N–H and O–H groups in total. The molecule has 0 fully saturated rings. The highest BCUT2D eigenvalue weighted by Crippen LogP contribution is 2.14. The van der Waals surface area contributed by atoms with E-state index in [-0.39, 0.29) is 0 Å². The third-order valence-electron chi connectivity index (χ3n) is 1.89. The lowest BCUT2D eigenvalue weighted by Gasteiger charge is -2.02. The summed E-state index contributed by atoms with van der Waals surface area (Å²) in [5.41, 5.74) is 2.33. The van der Waals surface area contributed by atoms with Crippen LogP contribution >= 0.6 is 11.6 Å². The molecular formula is C13H13Cl. The van der Waals surface area contributed by atoms with Crippen LogP contribution in [0.4, 0.5) is 0 Å². The quantitative estimate of drug-likeness (QED) is 0.646. The van der Waals surface area contributed by atoms with Crippen molar-refractivity contribution in [2.45, 2.75) is 6.42 Å². The lowest BCUT2D eigenvalue weighted by Crippen LogP contribution is -1.86. The minimum atomic E-state index is 0.768. The molecule has 0 bridgehead atoms. The van der Waals surface area contributed by atoms with Crippen LogP contribution in [0.15, 0.2) is 61.2 Å². The summed E-state index contributed by atoms with van der Waals surface area (Å²) in [4.78, 5) is 0. The van der Waals surface area contributed by atoms with Gasteiger partial charge >= 0.3 is 0 Å². The molecule has 0 unspecified atom stereocenters. The van der Waals surface area contributed by atoms with E-state index >= 15 is 0 Å². The molecule has 0 saturated heterocycles. The SMILES string of the molecule is C=C/C=C(\C=C)Cc1cccc(Cl)c1. The molecule has 1 rings (SSSR count). The molecule has 1 aromatic rings. The van der Waals surface area contributed by atoms with E-state index < -0.39 is 0 Å². The molecule has 0 aliphatic carbocycles. The molecule has 0 aromatic heterocycles. The van der Waals surface area contributed by atoms with Crippen LogP contribution in [0.25, 0.3) is 0 Å². The summed E-state index contributed by atoms with van der Waals surface area (Å²) in [5, 5.41) is 0.768. The van der Waals surface area contributed by atoms with Crippen LogP contribution < -0.4 is 0 Å². The summed E-state index contributed by atoms with van der Waals surface area (Å²) < 4.78 is 0. The molecule has 0 amide bonds. The molecule has 72 valence electrons. The Labute approximate surface area is 90.2 Å². The van der Waals surface area contributed by atoms with Crippen molar-refractivity contribution in [3.63, 3.8) is 0 Å². The zero-order chi connectivity index (χ0) is 10.4. The Bertz CT molecular complexity index is 361. The maximum Gasteiger partial charge on any atom is 0.0408 e. The number of halogens is 1. The fourth-order valence-corrected chi connectivity index (χ4v) is 1.45. The Kier molecular flexibility index (Phi) is 4.21. The van der Waals surface area contributed by atoms with E-state index in [2.05, 4.69) is 13.2 Å². The third kappa shape index (κ3) is 3.23. The smallest absolute Gasteiger partial charge is 0.0408 e. The largest absolute Gasteiger partial charge is 0.0991 e. The Morgan fingerprint density at radius 2 is 2.14 bits per heavy atom. The van der Waals surface area contributed by atoms with Crippen molar-refractivity contribution in [3.8, 4) is 0 Å². The van der Waals surface area contributed by atoms with Gasteiger partial charge in [0.25, 0.3) is 0 Å². The van der Waals surface area contributed by atoms with Gasteiger partial charge in [0.05, 0.1) is 0 Å². The van der Waals surface area contributed by atoms with Crippen LogP contribution in [-0.2, 0) is 6.42 Å². The minimum Gasteiger partial charge on any atom is -0.0991 e. The Morgan fingerprint density at radius 1 is 1.36 bits per heavy atom. The molecule has 0 nitrogen and oxygen atoms in total. The van der Waals surface area contributed by atoms with Gasteiger partial charge in [-0.05, 0) is 29.7 Å². The second-order valence-corrected chi connectivity index (χ2v) is 3.42. The lowest BCUT2D eigenvalue weighted by molar-refractivity contribution is 1.20. The van der Waals surface area contributed by atoms with Crippen LogP contribution in [0.1, 0.15) is 5.56 Å². The molecule has 0 saturated carbocycles. The van der Waals surface area contributed by atoms with Crippen LogP contribution in [0.2, 0.25) is 5.02 Å². The summed E-state index contributed by atoms with van der Waals surface area (Å²) in [6.07, 6.45) is 6.40.